The van der Waals surface area contributed by atoms with Gasteiger partial charge >= 0.3 is 0 Å². The summed E-state index contributed by atoms with van der Waals surface area (Å²) in [5.41, 5.74) is 6.84. The fourth-order valence-corrected chi connectivity index (χ4v) is 3.72. The van der Waals surface area contributed by atoms with E-state index in [4.69, 9.17) is 24.7 Å². The van der Waals surface area contributed by atoms with E-state index in [0.29, 0.717) is 33.9 Å². The van der Waals surface area contributed by atoms with Crippen LogP contribution in [0.1, 0.15) is 10.4 Å². The van der Waals surface area contributed by atoms with Crippen LogP contribution >= 0.6 is 0 Å². The second-order valence-corrected chi connectivity index (χ2v) is 6.48. The number of rotatable bonds is 3. The molecule has 2 N–H and O–H groups in total. The molecule has 0 saturated carbocycles. The molecule has 0 bridgehead atoms. The molecule has 4 aromatic rings. The fraction of sp³-hybridized carbons (Fsp3) is 0.143. The molecule has 1 aliphatic heterocycles. The number of hydrogen-bond donors (Lipinski definition) is 1. The van der Waals surface area contributed by atoms with Gasteiger partial charge in [0.2, 0.25) is 12.7 Å². The van der Waals surface area contributed by atoms with Crippen molar-refractivity contribution in [3.05, 3.63) is 42.1 Å². The highest BCUT2D eigenvalue weighted by Gasteiger charge is 2.19. The number of ether oxygens (including phenoxy) is 4. The van der Waals surface area contributed by atoms with Gasteiger partial charge in [0.15, 0.2) is 23.0 Å². The van der Waals surface area contributed by atoms with E-state index in [-0.39, 0.29) is 6.79 Å². The minimum Gasteiger partial charge on any atom is -0.493 e. The molecule has 28 heavy (non-hydrogen) atoms. The Morgan fingerprint density at radius 1 is 0.893 bits per heavy atom. The molecular formula is C21H16N2O5. The van der Waals surface area contributed by atoms with Crippen LogP contribution in [0.5, 0.6) is 23.0 Å². The van der Waals surface area contributed by atoms with Gasteiger partial charge in [0, 0.05) is 28.6 Å². The summed E-state index contributed by atoms with van der Waals surface area (Å²) in [5.74, 6) is 1.86. The zero-order valence-corrected chi connectivity index (χ0v) is 15.2. The molecule has 7 heteroatoms. The molecule has 0 spiro atoms. The van der Waals surface area contributed by atoms with Crippen LogP contribution in [0.4, 0.5) is 0 Å². The van der Waals surface area contributed by atoms with Crippen molar-refractivity contribution in [1.82, 2.24) is 4.98 Å². The largest absolute Gasteiger partial charge is 0.493 e. The van der Waals surface area contributed by atoms with Gasteiger partial charge in [-0.25, -0.2) is 0 Å². The van der Waals surface area contributed by atoms with Crippen molar-refractivity contribution in [2.45, 2.75) is 0 Å². The number of nitrogens with zero attached hydrogens (tertiary/aromatic N) is 1. The number of nitrogens with two attached hydrogens (primary N) is 1. The number of carbonyl (C=O) groups is 1. The molecular weight excluding hydrogens is 360 g/mol. The molecule has 0 atom stereocenters. The summed E-state index contributed by atoms with van der Waals surface area (Å²) in [6, 6.07) is 9.10. The van der Waals surface area contributed by atoms with Gasteiger partial charge in [-0.2, -0.15) is 0 Å². The first kappa shape index (κ1) is 16.4. The van der Waals surface area contributed by atoms with Crippen molar-refractivity contribution in [1.29, 1.82) is 0 Å². The fourth-order valence-electron chi connectivity index (χ4n) is 3.72. The van der Waals surface area contributed by atoms with Crippen molar-refractivity contribution in [2.75, 3.05) is 21.0 Å². The van der Waals surface area contributed by atoms with E-state index in [1.54, 1.807) is 32.5 Å². The van der Waals surface area contributed by atoms with Gasteiger partial charge in [-0.3, -0.25) is 9.78 Å². The summed E-state index contributed by atoms with van der Waals surface area (Å²) in [6.45, 7) is 0.177. The Hall–Kier alpha value is -3.74. The smallest absolute Gasteiger partial charge is 0.249 e. The number of hydrogen-bond acceptors (Lipinski definition) is 6. The number of primary amides is 1. The topological polar surface area (TPSA) is 92.9 Å². The van der Waals surface area contributed by atoms with Gasteiger partial charge < -0.3 is 24.7 Å². The van der Waals surface area contributed by atoms with E-state index in [1.165, 1.54) is 0 Å². The molecule has 0 aliphatic carbocycles. The molecule has 140 valence electrons. The molecule has 5 rings (SSSR count). The van der Waals surface area contributed by atoms with Crippen LogP contribution in [-0.2, 0) is 0 Å². The zero-order valence-electron chi connectivity index (χ0n) is 15.2. The Kier molecular flexibility index (Phi) is 3.45. The predicted octanol–water partition coefficient (Wildman–Crippen LogP) is 3.39. The number of aromatic nitrogens is 1. The van der Waals surface area contributed by atoms with E-state index >= 15 is 0 Å². The van der Waals surface area contributed by atoms with Gasteiger partial charge in [0.25, 0.3) is 0 Å². The van der Waals surface area contributed by atoms with Crippen LogP contribution in [0.3, 0.4) is 0 Å². The molecule has 1 aromatic heterocycles. The lowest BCUT2D eigenvalue weighted by Crippen LogP contribution is -2.11. The summed E-state index contributed by atoms with van der Waals surface area (Å²) < 4.78 is 21.8. The Bertz CT molecular complexity index is 1300. The zero-order chi connectivity index (χ0) is 19.4. The van der Waals surface area contributed by atoms with Crippen molar-refractivity contribution in [3.8, 4) is 23.0 Å². The maximum absolute atomic E-state index is 12.2. The number of pyridine rings is 1. The first-order valence-corrected chi connectivity index (χ1v) is 8.61. The lowest BCUT2D eigenvalue weighted by Gasteiger charge is -2.14. The molecule has 3 aromatic carbocycles. The van der Waals surface area contributed by atoms with Gasteiger partial charge in [-0.15, -0.1) is 0 Å². The first-order chi connectivity index (χ1) is 13.6. The summed E-state index contributed by atoms with van der Waals surface area (Å²) in [5, 5.41) is 4.04. The SMILES string of the molecule is COc1cc2c(C(N)=O)cc3c4cc5c(cc4ncc3c2cc1OC)OCO5. The quantitative estimate of drug-likeness (QED) is 0.551. The average molecular weight is 376 g/mol. The molecule has 1 amide bonds. The van der Waals surface area contributed by atoms with E-state index in [9.17, 15) is 4.79 Å². The monoisotopic (exact) mass is 376 g/mol. The summed E-state index contributed by atoms with van der Waals surface area (Å²) in [4.78, 5) is 16.8. The number of amides is 1. The second kappa shape index (κ2) is 5.88. The lowest BCUT2D eigenvalue weighted by atomic mass is 9.95. The predicted molar refractivity (Wildman–Crippen MR) is 104 cm³/mol. The second-order valence-electron chi connectivity index (χ2n) is 6.48. The number of carbonyl (C=O) groups excluding carboxylic acids is 1. The van der Waals surface area contributed by atoms with E-state index in [2.05, 4.69) is 4.98 Å². The van der Waals surface area contributed by atoms with Gasteiger partial charge in [-0.05, 0) is 40.4 Å². The molecule has 0 radical (unpaired) electrons. The third-order valence-electron chi connectivity index (χ3n) is 5.06. The van der Waals surface area contributed by atoms with Crippen LogP contribution in [-0.4, -0.2) is 31.9 Å². The summed E-state index contributed by atoms with van der Waals surface area (Å²) >= 11 is 0. The Labute approximate surface area is 159 Å². The summed E-state index contributed by atoms with van der Waals surface area (Å²) in [7, 11) is 3.12. The molecule has 0 unspecified atom stereocenters. The van der Waals surface area contributed by atoms with Crippen LogP contribution in [0.2, 0.25) is 0 Å². The molecule has 0 fully saturated rings. The van der Waals surface area contributed by atoms with Crippen LogP contribution in [0.15, 0.2) is 36.5 Å². The van der Waals surface area contributed by atoms with E-state index < -0.39 is 5.91 Å². The van der Waals surface area contributed by atoms with E-state index in [1.807, 2.05) is 18.2 Å². The van der Waals surface area contributed by atoms with Gasteiger partial charge in [-0.1, -0.05) is 0 Å². The first-order valence-electron chi connectivity index (χ1n) is 8.61. The highest BCUT2D eigenvalue weighted by Crippen LogP contribution is 2.42. The van der Waals surface area contributed by atoms with Crippen LogP contribution in [0.25, 0.3) is 32.4 Å². The maximum Gasteiger partial charge on any atom is 0.249 e. The number of benzene rings is 3. The van der Waals surface area contributed by atoms with Crippen molar-refractivity contribution < 1.29 is 23.7 Å². The Morgan fingerprint density at radius 3 is 2.21 bits per heavy atom. The van der Waals surface area contributed by atoms with Crippen molar-refractivity contribution in [2.24, 2.45) is 5.73 Å². The number of fused-ring (bicyclic) bond motifs is 6. The third-order valence-corrected chi connectivity index (χ3v) is 5.06. The van der Waals surface area contributed by atoms with Gasteiger partial charge in [0.1, 0.15) is 0 Å². The highest BCUT2D eigenvalue weighted by molar-refractivity contribution is 6.22. The molecule has 0 saturated heterocycles. The van der Waals surface area contributed by atoms with Crippen molar-refractivity contribution >= 4 is 38.4 Å². The van der Waals surface area contributed by atoms with Crippen molar-refractivity contribution in [3.63, 3.8) is 0 Å². The number of methoxy groups -OCH3 is 2. The Balaban J connectivity index is 1.96. The maximum atomic E-state index is 12.2. The minimum absolute atomic E-state index is 0.177. The molecule has 7 nitrogen and oxygen atoms in total. The normalized spacial score (nSPS) is 12.6. The third kappa shape index (κ3) is 2.22. The lowest BCUT2D eigenvalue weighted by molar-refractivity contribution is 0.100. The average Bonchev–Trinajstić information content (AvgIpc) is 3.17. The summed E-state index contributed by atoms with van der Waals surface area (Å²) in [6.07, 6.45) is 1.78. The van der Waals surface area contributed by atoms with Crippen LogP contribution in [0, 0.1) is 0 Å². The van der Waals surface area contributed by atoms with E-state index in [0.717, 1.165) is 27.1 Å². The minimum atomic E-state index is -0.523. The Morgan fingerprint density at radius 2 is 1.54 bits per heavy atom. The molecule has 1 aliphatic rings. The standard InChI is InChI=1S/C21H16N2O5/c1-25-17-4-11-12(5-18(17)26-2)15-8-23-16-7-20-19(27-9-28-20)6-13(16)10(15)3-14(11)21(22)24/h3-8H,9H2,1-2H3,(H2,22,24). The van der Waals surface area contributed by atoms with Crippen LogP contribution < -0.4 is 24.7 Å². The van der Waals surface area contributed by atoms with Gasteiger partial charge in [0.05, 0.1) is 19.7 Å². The highest BCUT2D eigenvalue weighted by atomic mass is 16.7. The molecule has 2 heterocycles.